The number of pyridine rings is 1. The second-order valence-electron chi connectivity index (χ2n) is 7.14. The standard InChI is InChI=1S/C24H20FN3O2/c1-28-15-21(24(30)27-13-16-7-9-19(25)10-8-16)20-11-17(14-26-23(20)28)12-22(29)18-5-3-2-4-6-18/h2-11,14-15H,12-13H2,1H3,(H,27,30). The van der Waals surface area contributed by atoms with Gasteiger partial charge in [0.15, 0.2) is 5.78 Å². The zero-order valence-corrected chi connectivity index (χ0v) is 16.4. The molecule has 4 aromatic rings. The molecule has 0 radical (unpaired) electrons. The number of rotatable bonds is 6. The molecule has 2 heterocycles. The molecule has 2 aromatic heterocycles. The largest absolute Gasteiger partial charge is 0.348 e. The Labute approximate surface area is 173 Å². The molecule has 0 unspecified atom stereocenters. The number of halogens is 1. The van der Waals surface area contributed by atoms with Crippen LogP contribution in [0.3, 0.4) is 0 Å². The van der Waals surface area contributed by atoms with Gasteiger partial charge >= 0.3 is 0 Å². The molecule has 6 heteroatoms. The number of carbonyl (C=O) groups excluding carboxylic acids is 2. The summed E-state index contributed by atoms with van der Waals surface area (Å²) < 4.78 is 14.8. The zero-order valence-electron chi connectivity index (χ0n) is 16.4. The van der Waals surface area contributed by atoms with Gasteiger partial charge in [-0.25, -0.2) is 9.37 Å². The van der Waals surface area contributed by atoms with Crippen LogP contribution in [0.25, 0.3) is 11.0 Å². The van der Waals surface area contributed by atoms with Crippen molar-refractivity contribution < 1.29 is 14.0 Å². The van der Waals surface area contributed by atoms with E-state index in [1.165, 1.54) is 12.1 Å². The zero-order chi connectivity index (χ0) is 21.1. The number of nitrogens with one attached hydrogen (secondary N) is 1. The van der Waals surface area contributed by atoms with Crippen molar-refractivity contribution in [3.63, 3.8) is 0 Å². The van der Waals surface area contributed by atoms with E-state index in [4.69, 9.17) is 0 Å². The van der Waals surface area contributed by atoms with Gasteiger partial charge in [-0.3, -0.25) is 9.59 Å². The van der Waals surface area contributed by atoms with Gasteiger partial charge in [0.25, 0.3) is 5.91 Å². The third kappa shape index (κ3) is 4.12. The predicted molar refractivity (Wildman–Crippen MR) is 113 cm³/mol. The molecular weight excluding hydrogens is 381 g/mol. The fourth-order valence-electron chi connectivity index (χ4n) is 3.37. The lowest BCUT2D eigenvalue weighted by atomic mass is 10.0. The van der Waals surface area contributed by atoms with Crippen LogP contribution in [0.1, 0.15) is 31.8 Å². The van der Waals surface area contributed by atoms with E-state index in [0.29, 0.717) is 22.2 Å². The van der Waals surface area contributed by atoms with E-state index in [1.807, 2.05) is 31.3 Å². The lowest BCUT2D eigenvalue weighted by Gasteiger charge is -2.06. The number of benzene rings is 2. The summed E-state index contributed by atoms with van der Waals surface area (Å²) in [6.07, 6.45) is 3.60. The molecule has 0 bridgehead atoms. The Kier molecular flexibility index (Phi) is 5.39. The minimum absolute atomic E-state index is 0.00464. The van der Waals surface area contributed by atoms with Gasteiger partial charge in [0, 0.05) is 43.4 Å². The van der Waals surface area contributed by atoms with Gasteiger partial charge in [-0.15, -0.1) is 0 Å². The molecule has 0 aliphatic heterocycles. The Bertz CT molecular complexity index is 1210. The highest BCUT2D eigenvalue weighted by Gasteiger charge is 2.16. The normalized spacial score (nSPS) is 10.9. The summed E-state index contributed by atoms with van der Waals surface area (Å²) in [7, 11) is 1.82. The maximum absolute atomic E-state index is 13.0. The van der Waals surface area contributed by atoms with Crippen molar-refractivity contribution in [2.75, 3.05) is 0 Å². The molecular formula is C24H20FN3O2. The van der Waals surface area contributed by atoms with Gasteiger partial charge in [-0.1, -0.05) is 42.5 Å². The minimum atomic E-state index is -0.317. The summed E-state index contributed by atoms with van der Waals surface area (Å²) in [5, 5.41) is 3.54. The van der Waals surface area contributed by atoms with E-state index in [0.717, 1.165) is 11.1 Å². The molecule has 4 rings (SSSR count). The van der Waals surface area contributed by atoms with Crippen molar-refractivity contribution in [2.24, 2.45) is 7.05 Å². The van der Waals surface area contributed by atoms with Gasteiger partial charge in [0.2, 0.25) is 0 Å². The highest BCUT2D eigenvalue weighted by molar-refractivity contribution is 6.06. The summed E-state index contributed by atoms with van der Waals surface area (Å²) in [5.74, 6) is -0.573. The lowest BCUT2D eigenvalue weighted by Crippen LogP contribution is -2.22. The molecule has 0 aliphatic carbocycles. The van der Waals surface area contributed by atoms with Crippen molar-refractivity contribution >= 4 is 22.7 Å². The van der Waals surface area contributed by atoms with Crippen LogP contribution >= 0.6 is 0 Å². The van der Waals surface area contributed by atoms with Crippen LogP contribution in [0.2, 0.25) is 0 Å². The molecule has 1 amide bonds. The monoisotopic (exact) mass is 401 g/mol. The highest BCUT2D eigenvalue weighted by atomic mass is 19.1. The minimum Gasteiger partial charge on any atom is -0.348 e. The topological polar surface area (TPSA) is 64.0 Å². The molecule has 30 heavy (non-hydrogen) atoms. The van der Waals surface area contributed by atoms with Crippen molar-refractivity contribution in [1.82, 2.24) is 14.9 Å². The van der Waals surface area contributed by atoms with Crippen LogP contribution in [0.4, 0.5) is 4.39 Å². The van der Waals surface area contributed by atoms with Gasteiger partial charge < -0.3 is 9.88 Å². The maximum Gasteiger partial charge on any atom is 0.253 e. The number of ketones is 1. The lowest BCUT2D eigenvalue weighted by molar-refractivity contribution is 0.0951. The van der Waals surface area contributed by atoms with Gasteiger partial charge in [0.05, 0.1) is 5.56 Å². The first kappa shape index (κ1) is 19.5. The second kappa shape index (κ2) is 8.29. The smallest absolute Gasteiger partial charge is 0.253 e. The summed E-state index contributed by atoms with van der Waals surface area (Å²) in [5.41, 5.74) is 3.34. The summed E-state index contributed by atoms with van der Waals surface area (Å²) >= 11 is 0. The first-order valence-corrected chi connectivity index (χ1v) is 9.56. The Hall–Kier alpha value is -3.80. The first-order valence-electron chi connectivity index (χ1n) is 9.56. The fourth-order valence-corrected chi connectivity index (χ4v) is 3.37. The summed E-state index contributed by atoms with van der Waals surface area (Å²) in [6.45, 7) is 0.287. The van der Waals surface area contributed by atoms with Crippen LogP contribution < -0.4 is 5.32 Å². The van der Waals surface area contributed by atoms with Crippen molar-refractivity contribution in [3.05, 3.63) is 101 Å². The third-order valence-corrected chi connectivity index (χ3v) is 4.94. The number of aryl methyl sites for hydroxylation is 1. The van der Waals surface area contributed by atoms with Gasteiger partial charge in [-0.05, 0) is 29.3 Å². The molecule has 1 N–H and O–H groups in total. The molecule has 150 valence electrons. The maximum atomic E-state index is 13.0. The number of aromatic nitrogens is 2. The fraction of sp³-hybridized carbons (Fsp3) is 0.125. The van der Waals surface area contributed by atoms with Crippen LogP contribution in [0.15, 0.2) is 73.1 Å². The molecule has 2 aromatic carbocycles. The SMILES string of the molecule is Cn1cc(C(=O)NCc2ccc(F)cc2)c2cc(CC(=O)c3ccccc3)cnc21. The van der Waals surface area contributed by atoms with Crippen molar-refractivity contribution in [3.8, 4) is 0 Å². The van der Waals surface area contributed by atoms with E-state index < -0.39 is 0 Å². The number of fused-ring (bicyclic) bond motifs is 1. The van der Waals surface area contributed by atoms with Crippen molar-refractivity contribution in [2.45, 2.75) is 13.0 Å². The Balaban J connectivity index is 1.55. The number of amides is 1. The van der Waals surface area contributed by atoms with Crippen LogP contribution in [-0.4, -0.2) is 21.2 Å². The highest BCUT2D eigenvalue weighted by Crippen LogP contribution is 2.21. The van der Waals surface area contributed by atoms with Gasteiger partial charge in [0.1, 0.15) is 11.5 Å². The molecule has 0 atom stereocenters. The van der Waals surface area contributed by atoms with E-state index in [2.05, 4.69) is 10.3 Å². The molecule has 0 spiro atoms. The molecule has 0 saturated carbocycles. The third-order valence-electron chi connectivity index (χ3n) is 4.94. The van der Waals surface area contributed by atoms with Crippen molar-refractivity contribution in [1.29, 1.82) is 0 Å². The first-order chi connectivity index (χ1) is 14.5. The number of Topliss-reactive ketones (excluding diaryl/α,β-unsaturated/α-hetero) is 1. The van der Waals surface area contributed by atoms with Crippen LogP contribution in [0, 0.1) is 5.82 Å². The summed E-state index contributed by atoms with van der Waals surface area (Å²) in [6, 6.07) is 16.9. The number of hydrogen-bond acceptors (Lipinski definition) is 3. The summed E-state index contributed by atoms with van der Waals surface area (Å²) in [4.78, 5) is 29.7. The predicted octanol–water partition coefficient (Wildman–Crippen LogP) is 4.07. The molecule has 0 saturated heterocycles. The number of carbonyl (C=O) groups is 2. The average Bonchev–Trinajstić information content (AvgIpc) is 3.09. The van der Waals surface area contributed by atoms with Gasteiger partial charge in [-0.2, -0.15) is 0 Å². The Morgan fingerprint density at radius 2 is 1.77 bits per heavy atom. The number of nitrogens with zero attached hydrogens (tertiary/aromatic N) is 2. The second-order valence-corrected chi connectivity index (χ2v) is 7.14. The molecule has 0 aliphatic rings. The quantitative estimate of drug-likeness (QED) is 0.496. The average molecular weight is 401 g/mol. The van der Waals surface area contributed by atoms with E-state index in [9.17, 15) is 14.0 Å². The molecule has 5 nitrogen and oxygen atoms in total. The van der Waals surface area contributed by atoms with Crippen LogP contribution in [0.5, 0.6) is 0 Å². The Morgan fingerprint density at radius 3 is 2.50 bits per heavy atom. The van der Waals surface area contributed by atoms with E-state index >= 15 is 0 Å². The molecule has 0 fully saturated rings. The number of hydrogen-bond donors (Lipinski definition) is 1. The van der Waals surface area contributed by atoms with Crippen LogP contribution in [-0.2, 0) is 20.0 Å². The van der Waals surface area contributed by atoms with E-state index in [1.54, 1.807) is 41.2 Å². The van der Waals surface area contributed by atoms with E-state index in [-0.39, 0.29) is 30.5 Å². The Morgan fingerprint density at radius 1 is 1.03 bits per heavy atom.